The Hall–Kier alpha value is -5.86. The second kappa shape index (κ2) is 12.1. The summed E-state index contributed by atoms with van der Waals surface area (Å²) in [7, 11) is 0. The molecule has 8 aromatic rings. The third-order valence-electron chi connectivity index (χ3n) is 10.1. The SMILES string of the molecule is c1ccc(N(c2ccc3ccccc3c2)c2ccc3c4c(ccc3c2)CC(N(c2ccccc2)c2ccc3ccccc3c2)CC4)cc1. The van der Waals surface area contributed by atoms with Crippen LogP contribution in [0.2, 0.25) is 0 Å². The van der Waals surface area contributed by atoms with Crippen molar-refractivity contribution in [3.05, 3.63) is 187 Å². The first kappa shape index (κ1) is 28.4. The van der Waals surface area contributed by atoms with Crippen molar-refractivity contribution in [3.8, 4) is 0 Å². The number of para-hydroxylation sites is 2. The van der Waals surface area contributed by atoms with Gasteiger partial charge in [0.25, 0.3) is 0 Å². The van der Waals surface area contributed by atoms with Crippen molar-refractivity contribution >= 4 is 60.8 Å². The summed E-state index contributed by atoms with van der Waals surface area (Å²) in [5.41, 5.74) is 8.96. The lowest BCUT2D eigenvalue weighted by Crippen LogP contribution is -2.36. The van der Waals surface area contributed by atoms with Crippen LogP contribution in [0.4, 0.5) is 28.4 Å². The molecule has 0 fully saturated rings. The third kappa shape index (κ3) is 5.16. The Morgan fingerprint density at radius 3 is 1.60 bits per heavy atom. The van der Waals surface area contributed by atoms with E-state index in [0.717, 1.165) is 30.6 Å². The average molecular weight is 617 g/mol. The molecule has 0 aliphatic heterocycles. The van der Waals surface area contributed by atoms with Crippen molar-refractivity contribution in [3.63, 3.8) is 0 Å². The number of fused-ring (bicyclic) bond motifs is 5. The van der Waals surface area contributed by atoms with Crippen LogP contribution < -0.4 is 9.80 Å². The van der Waals surface area contributed by atoms with Gasteiger partial charge in [-0.15, -0.1) is 0 Å². The normalized spacial score (nSPS) is 14.2. The fraction of sp³-hybridized carbons (Fsp3) is 0.0870. The Kier molecular flexibility index (Phi) is 7.13. The van der Waals surface area contributed by atoms with Gasteiger partial charge >= 0.3 is 0 Å². The third-order valence-corrected chi connectivity index (χ3v) is 10.1. The highest BCUT2D eigenvalue weighted by Crippen LogP contribution is 2.41. The monoisotopic (exact) mass is 616 g/mol. The minimum atomic E-state index is 0.374. The molecule has 0 radical (unpaired) electrons. The van der Waals surface area contributed by atoms with E-state index in [1.807, 2.05) is 0 Å². The molecule has 230 valence electrons. The highest BCUT2D eigenvalue weighted by molar-refractivity contribution is 5.94. The number of anilines is 5. The van der Waals surface area contributed by atoms with Crippen LogP contribution >= 0.6 is 0 Å². The largest absolute Gasteiger partial charge is 0.338 e. The molecule has 2 nitrogen and oxygen atoms in total. The van der Waals surface area contributed by atoms with Crippen LogP contribution in [-0.2, 0) is 12.8 Å². The van der Waals surface area contributed by atoms with Gasteiger partial charge in [0, 0.05) is 34.5 Å². The Labute approximate surface area is 282 Å². The van der Waals surface area contributed by atoms with Crippen LogP contribution in [-0.4, -0.2) is 6.04 Å². The molecule has 0 heterocycles. The van der Waals surface area contributed by atoms with Gasteiger partial charge in [-0.3, -0.25) is 0 Å². The van der Waals surface area contributed by atoms with Gasteiger partial charge in [-0.25, -0.2) is 0 Å². The van der Waals surface area contributed by atoms with Gasteiger partial charge in [0.2, 0.25) is 0 Å². The molecule has 1 unspecified atom stereocenters. The number of hydrogen-bond donors (Lipinski definition) is 0. The topological polar surface area (TPSA) is 6.48 Å². The van der Waals surface area contributed by atoms with Crippen LogP contribution in [0.5, 0.6) is 0 Å². The Morgan fingerprint density at radius 1 is 0.396 bits per heavy atom. The Balaban J connectivity index is 1.08. The van der Waals surface area contributed by atoms with E-state index >= 15 is 0 Å². The summed E-state index contributed by atoms with van der Waals surface area (Å²) in [4.78, 5) is 4.95. The lowest BCUT2D eigenvalue weighted by atomic mass is 9.84. The molecule has 0 aromatic heterocycles. The molecular weight excluding hydrogens is 581 g/mol. The molecule has 48 heavy (non-hydrogen) atoms. The number of nitrogens with zero attached hydrogens (tertiary/aromatic N) is 2. The first-order valence-corrected chi connectivity index (χ1v) is 17.0. The summed E-state index contributed by atoms with van der Waals surface area (Å²) in [5, 5.41) is 7.72. The maximum atomic E-state index is 2.57. The minimum Gasteiger partial charge on any atom is -0.338 e. The maximum Gasteiger partial charge on any atom is 0.0468 e. The van der Waals surface area contributed by atoms with Crippen LogP contribution in [0, 0.1) is 0 Å². The van der Waals surface area contributed by atoms with Crippen molar-refractivity contribution in [1.82, 2.24) is 0 Å². The van der Waals surface area contributed by atoms with Gasteiger partial charge in [-0.1, -0.05) is 115 Å². The summed E-state index contributed by atoms with van der Waals surface area (Å²) in [5.74, 6) is 0. The van der Waals surface area contributed by atoms with Crippen LogP contribution in [0.15, 0.2) is 176 Å². The quantitative estimate of drug-likeness (QED) is 0.183. The van der Waals surface area contributed by atoms with E-state index in [0.29, 0.717) is 6.04 Å². The molecule has 0 N–H and O–H groups in total. The Bertz CT molecular complexity index is 2400. The zero-order valence-corrected chi connectivity index (χ0v) is 26.8. The van der Waals surface area contributed by atoms with E-state index < -0.39 is 0 Å². The molecule has 1 atom stereocenters. The summed E-state index contributed by atoms with van der Waals surface area (Å²) < 4.78 is 0. The standard InChI is InChI=1S/C46H36N2/c1-3-15-39(16-4-1)47(41-23-21-33-11-7-9-13-35(33)29-41)43-25-27-45-37(31-43)19-20-38-32-44(26-28-46(38)45)48(40-17-5-2-6-18-40)42-24-22-34-12-8-10-14-36(34)30-42/h1-25,27,29-31,44H,26,28,32H2. The van der Waals surface area contributed by atoms with Gasteiger partial charge in [0.1, 0.15) is 0 Å². The van der Waals surface area contributed by atoms with Gasteiger partial charge in [0.05, 0.1) is 0 Å². The molecule has 9 rings (SSSR count). The average Bonchev–Trinajstić information content (AvgIpc) is 3.15. The second-order valence-electron chi connectivity index (χ2n) is 12.9. The fourth-order valence-corrected chi connectivity index (χ4v) is 7.77. The van der Waals surface area contributed by atoms with Crippen molar-refractivity contribution in [1.29, 1.82) is 0 Å². The van der Waals surface area contributed by atoms with Crippen molar-refractivity contribution in [2.75, 3.05) is 9.80 Å². The number of benzene rings is 8. The second-order valence-corrected chi connectivity index (χ2v) is 12.9. The molecule has 8 aromatic carbocycles. The minimum absolute atomic E-state index is 0.374. The highest BCUT2D eigenvalue weighted by Gasteiger charge is 2.27. The molecule has 0 saturated heterocycles. The highest BCUT2D eigenvalue weighted by atomic mass is 15.2. The molecule has 0 saturated carbocycles. The lowest BCUT2D eigenvalue weighted by Gasteiger charge is -2.37. The maximum absolute atomic E-state index is 2.57. The van der Waals surface area contributed by atoms with E-state index in [2.05, 4.69) is 186 Å². The molecule has 2 heteroatoms. The van der Waals surface area contributed by atoms with Gasteiger partial charge in [-0.2, -0.15) is 0 Å². The van der Waals surface area contributed by atoms with E-state index in [9.17, 15) is 0 Å². The van der Waals surface area contributed by atoms with Crippen LogP contribution in [0.25, 0.3) is 32.3 Å². The zero-order valence-electron chi connectivity index (χ0n) is 26.8. The van der Waals surface area contributed by atoms with Crippen molar-refractivity contribution in [2.45, 2.75) is 25.3 Å². The van der Waals surface area contributed by atoms with Gasteiger partial charge in [-0.05, 0) is 123 Å². The van der Waals surface area contributed by atoms with Crippen LogP contribution in [0.3, 0.4) is 0 Å². The van der Waals surface area contributed by atoms with Gasteiger partial charge in [0.15, 0.2) is 0 Å². The first-order chi connectivity index (χ1) is 23.8. The molecule has 0 amide bonds. The van der Waals surface area contributed by atoms with Gasteiger partial charge < -0.3 is 9.80 Å². The molecular formula is C46H36N2. The van der Waals surface area contributed by atoms with E-state index in [1.165, 1.54) is 60.5 Å². The molecule has 1 aliphatic carbocycles. The lowest BCUT2D eigenvalue weighted by molar-refractivity contribution is 0.566. The van der Waals surface area contributed by atoms with E-state index in [1.54, 1.807) is 0 Å². The predicted octanol–water partition coefficient (Wildman–Crippen LogP) is 12.3. The number of hydrogen-bond acceptors (Lipinski definition) is 2. The number of rotatable bonds is 6. The smallest absolute Gasteiger partial charge is 0.0468 e. The molecule has 1 aliphatic rings. The van der Waals surface area contributed by atoms with E-state index in [4.69, 9.17) is 0 Å². The summed E-state index contributed by atoms with van der Waals surface area (Å²) >= 11 is 0. The van der Waals surface area contributed by atoms with Crippen molar-refractivity contribution in [2.24, 2.45) is 0 Å². The van der Waals surface area contributed by atoms with Crippen LogP contribution in [0.1, 0.15) is 17.5 Å². The zero-order chi connectivity index (χ0) is 31.9. The van der Waals surface area contributed by atoms with Crippen molar-refractivity contribution < 1.29 is 0 Å². The van der Waals surface area contributed by atoms with E-state index in [-0.39, 0.29) is 0 Å². The Morgan fingerprint density at radius 2 is 0.917 bits per heavy atom. The molecule has 0 spiro atoms. The number of aryl methyl sites for hydroxylation is 1. The molecule has 0 bridgehead atoms. The summed E-state index contributed by atoms with van der Waals surface area (Å²) in [6, 6.07) is 64.7. The summed E-state index contributed by atoms with van der Waals surface area (Å²) in [6.07, 6.45) is 3.17. The fourth-order valence-electron chi connectivity index (χ4n) is 7.77. The predicted molar refractivity (Wildman–Crippen MR) is 204 cm³/mol. The summed E-state index contributed by atoms with van der Waals surface area (Å²) in [6.45, 7) is 0. The first-order valence-electron chi connectivity index (χ1n) is 17.0.